The third-order valence-electron chi connectivity index (χ3n) is 2.45. The van der Waals surface area contributed by atoms with Gasteiger partial charge in [-0.05, 0) is 24.6 Å². The molecular weight excluding hydrogens is 258 g/mol. The number of carbonyl (C=O) groups excluding carboxylic acids is 1. The average molecular weight is 272 g/mol. The Morgan fingerprint density at radius 2 is 2.17 bits per heavy atom. The van der Waals surface area contributed by atoms with Gasteiger partial charge in [0.2, 0.25) is 0 Å². The molecule has 0 saturated heterocycles. The molecule has 0 heterocycles. The Hall–Kier alpha value is -1.56. The highest BCUT2D eigenvalue weighted by Gasteiger charge is 2.16. The number of benzene rings is 1. The summed E-state index contributed by atoms with van der Waals surface area (Å²) in [6.45, 7) is 1.84. The molecule has 1 unspecified atom stereocenters. The van der Waals surface area contributed by atoms with Crippen molar-refractivity contribution in [3.63, 3.8) is 0 Å². The molecule has 1 rings (SSSR count). The minimum absolute atomic E-state index is 0.266. The van der Waals surface area contributed by atoms with Crippen molar-refractivity contribution in [3.05, 3.63) is 35.4 Å². The third kappa shape index (κ3) is 4.03. The Morgan fingerprint density at radius 1 is 1.50 bits per heavy atom. The fraction of sp³-hybridized carbons (Fsp3) is 0.333. The SMILES string of the molecule is CCC(CC(N)=S)NC(=O)c1cc(F)ccc1F. The lowest BCUT2D eigenvalue weighted by molar-refractivity contribution is 0.0932. The van der Waals surface area contributed by atoms with E-state index in [1.54, 1.807) is 0 Å². The van der Waals surface area contributed by atoms with Crippen molar-refractivity contribution in [2.45, 2.75) is 25.8 Å². The molecule has 3 N–H and O–H groups in total. The highest BCUT2D eigenvalue weighted by atomic mass is 32.1. The summed E-state index contributed by atoms with van der Waals surface area (Å²) < 4.78 is 26.3. The highest BCUT2D eigenvalue weighted by molar-refractivity contribution is 7.80. The zero-order chi connectivity index (χ0) is 13.7. The number of hydrogen-bond acceptors (Lipinski definition) is 2. The van der Waals surface area contributed by atoms with E-state index in [-0.39, 0.29) is 16.6 Å². The van der Waals surface area contributed by atoms with Gasteiger partial charge in [0.1, 0.15) is 11.6 Å². The first-order valence-electron chi connectivity index (χ1n) is 5.48. The van der Waals surface area contributed by atoms with Crippen molar-refractivity contribution in [1.82, 2.24) is 5.32 Å². The first kappa shape index (κ1) is 14.5. The van der Waals surface area contributed by atoms with Crippen LogP contribution in [-0.2, 0) is 0 Å². The van der Waals surface area contributed by atoms with E-state index in [4.69, 9.17) is 18.0 Å². The van der Waals surface area contributed by atoms with Crippen LogP contribution in [0.25, 0.3) is 0 Å². The Labute approximate surface area is 109 Å². The molecule has 1 atom stereocenters. The van der Waals surface area contributed by atoms with Crippen molar-refractivity contribution in [1.29, 1.82) is 0 Å². The van der Waals surface area contributed by atoms with Crippen LogP contribution in [0.15, 0.2) is 18.2 Å². The van der Waals surface area contributed by atoms with Crippen LogP contribution < -0.4 is 11.1 Å². The van der Waals surface area contributed by atoms with Gasteiger partial charge in [0.25, 0.3) is 5.91 Å². The van der Waals surface area contributed by atoms with Gasteiger partial charge in [0.15, 0.2) is 0 Å². The first-order valence-corrected chi connectivity index (χ1v) is 5.89. The van der Waals surface area contributed by atoms with Crippen molar-refractivity contribution < 1.29 is 13.6 Å². The maximum atomic E-state index is 13.4. The summed E-state index contributed by atoms with van der Waals surface area (Å²) in [4.78, 5) is 12.0. The lowest BCUT2D eigenvalue weighted by Gasteiger charge is -2.16. The summed E-state index contributed by atoms with van der Waals surface area (Å²) in [5.41, 5.74) is 5.06. The van der Waals surface area contributed by atoms with Crippen LogP contribution in [-0.4, -0.2) is 16.9 Å². The van der Waals surface area contributed by atoms with Crippen LogP contribution in [0.3, 0.4) is 0 Å². The van der Waals surface area contributed by atoms with Crippen molar-refractivity contribution >= 4 is 23.1 Å². The van der Waals surface area contributed by atoms with Crippen molar-refractivity contribution in [2.24, 2.45) is 5.73 Å². The predicted molar refractivity (Wildman–Crippen MR) is 69.3 cm³/mol. The predicted octanol–water partition coefficient (Wildman–Crippen LogP) is 2.15. The highest BCUT2D eigenvalue weighted by Crippen LogP contribution is 2.10. The maximum Gasteiger partial charge on any atom is 0.254 e. The summed E-state index contributed by atoms with van der Waals surface area (Å²) >= 11 is 4.75. The van der Waals surface area contributed by atoms with E-state index < -0.39 is 17.5 Å². The van der Waals surface area contributed by atoms with Gasteiger partial charge in [-0.3, -0.25) is 4.79 Å². The molecule has 1 aromatic rings. The molecule has 0 spiro atoms. The van der Waals surface area contributed by atoms with Crippen molar-refractivity contribution in [3.8, 4) is 0 Å². The smallest absolute Gasteiger partial charge is 0.254 e. The van der Waals surface area contributed by atoms with Gasteiger partial charge < -0.3 is 11.1 Å². The standard InChI is InChI=1S/C12H14F2N2OS/c1-2-8(6-11(15)18)16-12(17)9-5-7(13)3-4-10(9)14/h3-5,8H,2,6H2,1H3,(H2,15,18)(H,16,17). The van der Waals surface area contributed by atoms with E-state index in [2.05, 4.69) is 5.32 Å². The second-order valence-corrected chi connectivity index (χ2v) is 4.40. The summed E-state index contributed by atoms with van der Waals surface area (Å²) in [5, 5.41) is 2.57. The lowest BCUT2D eigenvalue weighted by atomic mass is 10.1. The van der Waals surface area contributed by atoms with E-state index in [0.29, 0.717) is 12.8 Å². The van der Waals surface area contributed by atoms with Crippen LogP contribution >= 0.6 is 12.2 Å². The van der Waals surface area contributed by atoms with Gasteiger partial charge in [0, 0.05) is 12.5 Å². The molecule has 0 radical (unpaired) electrons. The Balaban J connectivity index is 2.80. The number of nitrogens with two attached hydrogens (primary N) is 1. The number of hydrogen-bond donors (Lipinski definition) is 2. The second kappa shape index (κ2) is 6.39. The molecule has 0 saturated carbocycles. The van der Waals surface area contributed by atoms with Crippen LogP contribution in [0.4, 0.5) is 8.78 Å². The first-order chi connectivity index (χ1) is 8.43. The second-order valence-electron chi connectivity index (χ2n) is 3.87. The van der Waals surface area contributed by atoms with Gasteiger partial charge in [-0.25, -0.2) is 8.78 Å². The van der Waals surface area contributed by atoms with Crippen LogP contribution in [0.1, 0.15) is 30.1 Å². The Bertz CT molecular complexity index is 465. The average Bonchev–Trinajstić information content (AvgIpc) is 2.30. The van der Waals surface area contributed by atoms with Gasteiger partial charge in [-0.1, -0.05) is 19.1 Å². The lowest BCUT2D eigenvalue weighted by Crippen LogP contribution is -2.37. The molecule has 0 fully saturated rings. The quantitative estimate of drug-likeness (QED) is 0.808. The number of carbonyl (C=O) groups is 1. The van der Waals surface area contributed by atoms with E-state index in [1.807, 2.05) is 6.92 Å². The molecule has 18 heavy (non-hydrogen) atoms. The molecule has 0 bridgehead atoms. The van der Waals surface area contributed by atoms with Gasteiger partial charge in [0.05, 0.1) is 10.6 Å². The summed E-state index contributed by atoms with van der Waals surface area (Å²) in [7, 11) is 0. The van der Waals surface area contributed by atoms with Crippen molar-refractivity contribution in [2.75, 3.05) is 0 Å². The molecule has 0 aliphatic carbocycles. The Morgan fingerprint density at radius 3 is 2.72 bits per heavy atom. The third-order valence-corrected chi connectivity index (χ3v) is 2.62. The van der Waals surface area contributed by atoms with Crippen LogP contribution in [0.5, 0.6) is 0 Å². The largest absolute Gasteiger partial charge is 0.393 e. The number of rotatable bonds is 5. The van der Waals surface area contributed by atoms with E-state index >= 15 is 0 Å². The molecule has 0 aliphatic rings. The molecule has 1 amide bonds. The van der Waals surface area contributed by atoms with Gasteiger partial charge in [-0.2, -0.15) is 0 Å². The van der Waals surface area contributed by atoms with Crippen LogP contribution in [0, 0.1) is 11.6 Å². The topological polar surface area (TPSA) is 55.1 Å². The van der Waals surface area contributed by atoms with Gasteiger partial charge in [-0.15, -0.1) is 0 Å². The molecule has 0 aliphatic heterocycles. The molecule has 1 aromatic carbocycles. The number of halogens is 2. The minimum atomic E-state index is -0.765. The monoisotopic (exact) mass is 272 g/mol. The van der Waals surface area contributed by atoms with E-state index in [9.17, 15) is 13.6 Å². The van der Waals surface area contributed by atoms with E-state index in [0.717, 1.165) is 18.2 Å². The summed E-state index contributed by atoms with van der Waals surface area (Å²) in [6, 6.07) is 2.45. The minimum Gasteiger partial charge on any atom is -0.393 e. The zero-order valence-electron chi connectivity index (χ0n) is 9.87. The molecule has 0 aromatic heterocycles. The van der Waals surface area contributed by atoms with E-state index in [1.165, 1.54) is 0 Å². The van der Waals surface area contributed by atoms with Crippen LogP contribution in [0.2, 0.25) is 0 Å². The number of thiocarbonyl (C=S) groups is 1. The normalized spacial score (nSPS) is 11.9. The fourth-order valence-corrected chi connectivity index (χ4v) is 1.68. The summed E-state index contributed by atoms with van der Waals surface area (Å²) in [6.07, 6.45) is 0.925. The molecule has 3 nitrogen and oxygen atoms in total. The maximum absolute atomic E-state index is 13.4. The number of amides is 1. The molecule has 6 heteroatoms. The molecular formula is C12H14F2N2OS. The summed E-state index contributed by atoms with van der Waals surface area (Å²) in [5.74, 6) is -2.10. The zero-order valence-corrected chi connectivity index (χ0v) is 10.7. The van der Waals surface area contributed by atoms with Gasteiger partial charge >= 0.3 is 0 Å². The Kier molecular flexibility index (Phi) is 5.15. The fourth-order valence-electron chi connectivity index (χ4n) is 1.47. The molecule has 98 valence electrons. The number of nitrogens with one attached hydrogen (secondary N) is 1.